The lowest BCUT2D eigenvalue weighted by molar-refractivity contribution is 0.451. The third-order valence-corrected chi connectivity index (χ3v) is 3.89. The first kappa shape index (κ1) is 12.4. The molecule has 0 radical (unpaired) electrons. The highest BCUT2D eigenvalue weighted by molar-refractivity contribution is 5.63. The van der Waals surface area contributed by atoms with Crippen molar-refractivity contribution < 1.29 is 4.39 Å². The molecule has 1 aliphatic heterocycles. The Morgan fingerprint density at radius 3 is 2.79 bits per heavy atom. The molecule has 1 aliphatic rings. The molecule has 0 aliphatic carbocycles. The molecule has 1 saturated heterocycles. The van der Waals surface area contributed by atoms with Crippen LogP contribution in [0.3, 0.4) is 0 Å². The molecular formula is C15H18FN3. The summed E-state index contributed by atoms with van der Waals surface area (Å²) < 4.78 is 13.3. The molecule has 0 saturated carbocycles. The number of aromatic nitrogens is 2. The molecule has 1 aromatic heterocycles. The smallest absolute Gasteiger partial charge is 0.123 e. The van der Waals surface area contributed by atoms with Crippen LogP contribution in [-0.4, -0.2) is 23.3 Å². The van der Waals surface area contributed by atoms with E-state index in [1.165, 1.54) is 17.8 Å². The number of H-pyrrole nitrogens is 1. The maximum atomic E-state index is 13.3. The molecule has 1 aromatic carbocycles. The second-order valence-electron chi connectivity index (χ2n) is 5.15. The fourth-order valence-corrected chi connectivity index (χ4v) is 2.84. The summed E-state index contributed by atoms with van der Waals surface area (Å²) >= 11 is 0. The topological polar surface area (TPSA) is 40.7 Å². The van der Waals surface area contributed by atoms with Gasteiger partial charge in [0.1, 0.15) is 5.82 Å². The minimum Gasteiger partial charge on any atom is -0.317 e. The number of aromatic amines is 1. The number of nitrogens with zero attached hydrogens (tertiary/aromatic N) is 1. The van der Waals surface area contributed by atoms with E-state index in [1.54, 1.807) is 6.07 Å². The molecule has 19 heavy (non-hydrogen) atoms. The largest absolute Gasteiger partial charge is 0.317 e. The van der Waals surface area contributed by atoms with Crippen LogP contribution in [0.4, 0.5) is 4.39 Å². The zero-order chi connectivity index (χ0) is 13.2. The van der Waals surface area contributed by atoms with Crippen molar-refractivity contribution in [3.8, 4) is 11.3 Å². The molecular weight excluding hydrogens is 241 g/mol. The summed E-state index contributed by atoms with van der Waals surface area (Å²) in [5.74, 6) is 0.319. The summed E-state index contributed by atoms with van der Waals surface area (Å²) in [6.07, 6.45) is 2.26. The minimum atomic E-state index is -0.219. The lowest BCUT2D eigenvalue weighted by Crippen LogP contribution is -2.27. The van der Waals surface area contributed by atoms with E-state index < -0.39 is 0 Å². The Hall–Kier alpha value is -1.68. The van der Waals surface area contributed by atoms with Gasteiger partial charge in [-0.2, -0.15) is 5.10 Å². The lowest BCUT2D eigenvalue weighted by Gasteiger charge is -2.22. The molecule has 1 fully saturated rings. The SMILES string of the molecule is Cc1c(-c2cccc(F)c2)n[nH]c1C1CCNCC1. The molecule has 0 unspecified atom stereocenters. The highest BCUT2D eigenvalue weighted by atomic mass is 19.1. The third kappa shape index (κ3) is 2.40. The van der Waals surface area contributed by atoms with Gasteiger partial charge in [0.25, 0.3) is 0 Å². The van der Waals surface area contributed by atoms with Crippen molar-refractivity contribution in [3.63, 3.8) is 0 Å². The quantitative estimate of drug-likeness (QED) is 0.870. The maximum Gasteiger partial charge on any atom is 0.123 e. The Labute approximate surface area is 112 Å². The Kier molecular flexibility index (Phi) is 3.34. The Balaban J connectivity index is 1.94. The van der Waals surface area contributed by atoms with Gasteiger partial charge in [-0.25, -0.2) is 4.39 Å². The van der Waals surface area contributed by atoms with Crippen LogP contribution in [0.1, 0.15) is 30.0 Å². The van der Waals surface area contributed by atoms with Crippen molar-refractivity contribution in [2.75, 3.05) is 13.1 Å². The number of hydrogen-bond acceptors (Lipinski definition) is 2. The number of piperidine rings is 1. The van der Waals surface area contributed by atoms with Gasteiger partial charge in [0.2, 0.25) is 0 Å². The van der Waals surface area contributed by atoms with Gasteiger partial charge in [0, 0.05) is 17.2 Å². The molecule has 3 rings (SSSR count). The monoisotopic (exact) mass is 259 g/mol. The zero-order valence-corrected chi connectivity index (χ0v) is 11.0. The van der Waals surface area contributed by atoms with E-state index >= 15 is 0 Å². The first-order valence-corrected chi connectivity index (χ1v) is 6.77. The van der Waals surface area contributed by atoms with Gasteiger partial charge >= 0.3 is 0 Å². The number of hydrogen-bond donors (Lipinski definition) is 2. The van der Waals surface area contributed by atoms with Crippen LogP contribution in [0, 0.1) is 12.7 Å². The van der Waals surface area contributed by atoms with Crippen LogP contribution in [0.2, 0.25) is 0 Å². The van der Waals surface area contributed by atoms with E-state index in [4.69, 9.17) is 0 Å². The molecule has 0 bridgehead atoms. The molecule has 4 heteroatoms. The van der Waals surface area contributed by atoms with Crippen LogP contribution < -0.4 is 5.32 Å². The average molecular weight is 259 g/mol. The van der Waals surface area contributed by atoms with Crippen LogP contribution >= 0.6 is 0 Å². The van der Waals surface area contributed by atoms with E-state index in [0.29, 0.717) is 5.92 Å². The molecule has 100 valence electrons. The molecule has 0 amide bonds. The summed E-state index contributed by atoms with van der Waals surface area (Å²) in [7, 11) is 0. The van der Waals surface area contributed by atoms with E-state index in [9.17, 15) is 4.39 Å². The second kappa shape index (κ2) is 5.13. The molecule has 0 atom stereocenters. The molecule has 3 nitrogen and oxygen atoms in total. The first-order valence-electron chi connectivity index (χ1n) is 6.77. The predicted molar refractivity (Wildman–Crippen MR) is 73.6 cm³/mol. The number of nitrogens with one attached hydrogen (secondary N) is 2. The fraction of sp³-hybridized carbons (Fsp3) is 0.400. The number of benzene rings is 1. The van der Waals surface area contributed by atoms with Crippen molar-refractivity contribution in [3.05, 3.63) is 41.3 Å². The summed E-state index contributed by atoms with van der Waals surface area (Å²) in [6, 6.07) is 6.62. The van der Waals surface area contributed by atoms with Crippen molar-refractivity contribution in [2.45, 2.75) is 25.7 Å². The molecule has 2 heterocycles. The van der Waals surface area contributed by atoms with Gasteiger partial charge in [0.15, 0.2) is 0 Å². The Morgan fingerprint density at radius 1 is 1.26 bits per heavy atom. The van der Waals surface area contributed by atoms with Crippen molar-refractivity contribution in [1.29, 1.82) is 0 Å². The van der Waals surface area contributed by atoms with Crippen molar-refractivity contribution in [2.24, 2.45) is 0 Å². The van der Waals surface area contributed by atoms with Crippen LogP contribution in [0.5, 0.6) is 0 Å². The number of halogens is 1. The fourth-order valence-electron chi connectivity index (χ4n) is 2.84. The van der Waals surface area contributed by atoms with Crippen LogP contribution in [0.15, 0.2) is 24.3 Å². The first-order chi connectivity index (χ1) is 9.25. The van der Waals surface area contributed by atoms with Crippen LogP contribution in [0.25, 0.3) is 11.3 Å². The van der Waals surface area contributed by atoms with Gasteiger partial charge in [-0.1, -0.05) is 12.1 Å². The Morgan fingerprint density at radius 2 is 2.05 bits per heavy atom. The average Bonchev–Trinajstić information content (AvgIpc) is 2.81. The van der Waals surface area contributed by atoms with Crippen molar-refractivity contribution in [1.82, 2.24) is 15.5 Å². The zero-order valence-electron chi connectivity index (χ0n) is 11.0. The normalized spacial score (nSPS) is 16.7. The van der Waals surface area contributed by atoms with E-state index in [-0.39, 0.29) is 5.82 Å². The Bertz CT molecular complexity index is 571. The summed E-state index contributed by atoms with van der Waals surface area (Å²) in [5, 5.41) is 10.9. The predicted octanol–water partition coefficient (Wildman–Crippen LogP) is 2.99. The summed E-state index contributed by atoms with van der Waals surface area (Å²) in [4.78, 5) is 0. The lowest BCUT2D eigenvalue weighted by atomic mass is 9.91. The second-order valence-corrected chi connectivity index (χ2v) is 5.15. The van der Waals surface area contributed by atoms with E-state index in [2.05, 4.69) is 22.4 Å². The molecule has 2 aromatic rings. The third-order valence-electron chi connectivity index (χ3n) is 3.89. The van der Waals surface area contributed by atoms with Gasteiger partial charge in [-0.15, -0.1) is 0 Å². The maximum absolute atomic E-state index is 13.3. The van der Waals surface area contributed by atoms with Crippen molar-refractivity contribution >= 4 is 0 Å². The van der Waals surface area contributed by atoms with Gasteiger partial charge < -0.3 is 5.32 Å². The molecule has 0 spiro atoms. The van der Waals surface area contributed by atoms with Crippen LogP contribution in [-0.2, 0) is 0 Å². The standard InChI is InChI=1S/C15H18FN3/c1-10-14(11-5-7-17-8-6-11)18-19-15(10)12-3-2-4-13(16)9-12/h2-4,9,11,17H,5-8H2,1H3,(H,18,19). The van der Waals surface area contributed by atoms with E-state index in [1.807, 2.05) is 6.07 Å². The highest BCUT2D eigenvalue weighted by Crippen LogP contribution is 2.31. The summed E-state index contributed by atoms with van der Waals surface area (Å²) in [6.45, 7) is 4.18. The van der Waals surface area contributed by atoms with Gasteiger partial charge in [0.05, 0.1) is 5.69 Å². The highest BCUT2D eigenvalue weighted by Gasteiger charge is 2.21. The molecule has 2 N–H and O–H groups in total. The summed E-state index contributed by atoms with van der Waals surface area (Å²) in [5.41, 5.74) is 4.07. The van der Waals surface area contributed by atoms with E-state index in [0.717, 1.165) is 42.8 Å². The minimum absolute atomic E-state index is 0.219. The van der Waals surface area contributed by atoms with Gasteiger partial charge in [-0.05, 0) is 50.6 Å². The van der Waals surface area contributed by atoms with Gasteiger partial charge in [-0.3, -0.25) is 5.10 Å². The number of rotatable bonds is 2.